The Hall–Kier alpha value is -2.68. The molecule has 29 heavy (non-hydrogen) atoms. The molecule has 6 nitrogen and oxygen atoms in total. The minimum atomic E-state index is -3.68. The fraction of sp³-hybridized carbons (Fsp3) is 0.350. The average Bonchev–Trinajstić information content (AvgIpc) is 3.25. The molecule has 0 saturated carbocycles. The highest BCUT2D eigenvalue weighted by molar-refractivity contribution is 7.84. The second kappa shape index (κ2) is 6.98. The van der Waals surface area contributed by atoms with Crippen molar-refractivity contribution in [2.45, 2.75) is 36.5 Å². The zero-order chi connectivity index (χ0) is 20.0. The van der Waals surface area contributed by atoms with Gasteiger partial charge in [-0.15, -0.1) is 8.78 Å². The number of para-hydroxylation sites is 1. The summed E-state index contributed by atoms with van der Waals surface area (Å²) in [5.74, 6) is 0.165. The lowest BCUT2D eigenvalue weighted by atomic mass is 10.1. The first kappa shape index (κ1) is 18.4. The van der Waals surface area contributed by atoms with Gasteiger partial charge in [0.15, 0.2) is 16.7 Å². The summed E-state index contributed by atoms with van der Waals surface area (Å²) >= 11 is 0. The molecule has 1 N–H and O–H groups in total. The molecule has 9 heteroatoms. The number of benzene rings is 2. The van der Waals surface area contributed by atoms with Crippen LogP contribution in [0.15, 0.2) is 41.6 Å². The molecule has 1 saturated heterocycles. The third-order valence-electron chi connectivity index (χ3n) is 5.17. The van der Waals surface area contributed by atoms with Gasteiger partial charge in [0.25, 0.3) is 0 Å². The van der Waals surface area contributed by atoms with Crippen LogP contribution in [0.4, 0.5) is 14.5 Å². The predicted octanol–water partition coefficient (Wildman–Crippen LogP) is 4.18. The van der Waals surface area contributed by atoms with Crippen LogP contribution >= 0.6 is 0 Å². The van der Waals surface area contributed by atoms with Gasteiger partial charge in [-0.25, -0.2) is 4.98 Å². The summed E-state index contributed by atoms with van der Waals surface area (Å²) in [5, 5.41) is 0.295. The number of rotatable bonds is 4. The molecule has 0 amide bonds. The van der Waals surface area contributed by atoms with Gasteiger partial charge in [-0.3, -0.25) is 4.21 Å². The topological polar surface area (TPSA) is 67.5 Å². The van der Waals surface area contributed by atoms with Gasteiger partial charge in [0.1, 0.15) is 0 Å². The van der Waals surface area contributed by atoms with Gasteiger partial charge in [-0.1, -0.05) is 18.2 Å². The van der Waals surface area contributed by atoms with Crippen molar-refractivity contribution < 1.29 is 22.5 Å². The number of aromatic nitrogens is 2. The van der Waals surface area contributed by atoms with E-state index in [9.17, 15) is 13.0 Å². The molecule has 0 bridgehead atoms. The Bertz CT molecular complexity index is 1050. The summed E-state index contributed by atoms with van der Waals surface area (Å²) in [6.07, 6.45) is -0.110. The number of halogens is 2. The van der Waals surface area contributed by atoms with Crippen molar-refractivity contribution in [2.24, 2.45) is 0 Å². The number of hydrogen-bond acceptors (Lipinski definition) is 5. The molecular formula is C20H19F2N3O3S. The van der Waals surface area contributed by atoms with Crippen LogP contribution in [0.2, 0.25) is 0 Å². The van der Waals surface area contributed by atoms with Crippen LogP contribution in [0, 0.1) is 0 Å². The van der Waals surface area contributed by atoms with Gasteiger partial charge in [0.05, 0.1) is 27.6 Å². The van der Waals surface area contributed by atoms with Crippen molar-refractivity contribution >= 4 is 27.5 Å². The highest BCUT2D eigenvalue weighted by Crippen LogP contribution is 2.42. The monoisotopic (exact) mass is 419 g/mol. The highest BCUT2D eigenvalue weighted by Gasteiger charge is 2.43. The highest BCUT2D eigenvalue weighted by atomic mass is 32.2. The van der Waals surface area contributed by atoms with E-state index < -0.39 is 17.1 Å². The molecule has 1 atom stereocenters. The van der Waals surface area contributed by atoms with Gasteiger partial charge in [-0.05, 0) is 30.9 Å². The van der Waals surface area contributed by atoms with E-state index in [1.54, 1.807) is 0 Å². The Morgan fingerprint density at radius 3 is 2.62 bits per heavy atom. The van der Waals surface area contributed by atoms with Crippen LogP contribution in [-0.2, 0) is 16.6 Å². The Morgan fingerprint density at radius 1 is 1.10 bits per heavy atom. The molecule has 1 aromatic heterocycles. The molecule has 2 aromatic carbocycles. The second-order valence-corrected chi connectivity index (χ2v) is 8.56. The number of nitrogens with zero attached hydrogens (tertiary/aromatic N) is 2. The number of nitrogens with one attached hydrogen (secondary N) is 1. The summed E-state index contributed by atoms with van der Waals surface area (Å²) in [4.78, 5) is 9.63. The third-order valence-corrected chi connectivity index (χ3v) is 6.37. The number of hydrogen-bond donors (Lipinski definition) is 1. The van der Waals surface area contributed by atoms with Gasteiger partial charge < -0.3 is 19.4 Å². The first-order chi connectivity index (χ1) is 14.0. The van der Waals surface area contributed by atoms with Crippen LogP contribution in [0.3, 0.4) is 0 Å². The molecule has 2 aliphatic heterocycles. The molecule has 5 rings (SSSR count). The Labute approximate surface area is 168 Å². The number of fused-ring (bicyclic) bond motifs is 2. The number of imidazole rings is 1. The minimum Gasteiger partial charge on any atom is -0.395 e. The summed E-state index contributed by atoms with van der Waals surface area (Å²) in [6.45, 7) is 2.01. The average molecular weight is 419 g/mol. The molecule has 2 aliphatic rings. The fourth-order valence-corrected chi connectivity index (χ4v) is 4.91. The molecule has 152 valence electrons. The number of H-pyrrole nitrogens is 1. The quantitative estimate of drug-likeness (QED) is 0.687. The molecule has 3 heterocycles. The van der Waals surface area contributed by atoms with Crippen molar-refractivity contribution in [2.75, 3.05) is 18.0 Å². The molecule has 0 spiro atoms. The normalized spacial score (nSPS) is 18.9. The molecular weight excluding hydrogens is 400 g/mol. The SMILES string of the molecule is O=S(Cc1ccccc1N1CCCCC1)c1nc2cc3c(cc2[nH]1)OC(F)(F)O3. The lowest BCUT2D eigenvalue weighted by Gasteiger charge is -2.30. The Morgan fingerprint density at radius 2 is 1.83 bits per heavy atom. The van der Waals surface area contributed by atoms with E-state index in [1.165, 1.54) is 18.6 Å². The van der Waals surface area contributed by atoms with Crippen LogP contribution in [-0.4, -0.2) is 33.6 Å². The van der Waals surface area contributed by atoms with Gasteiger partial charge in [0, 0.05) is 30.9 Å². The first-order valence-electron chi connectivity index (χ1n) is 9.49. The summed E-state index contributed by atoms with van der Waals surface area (Å²) < 4.78 is 48.3. The smallest absolute Gasteiger partial charge is 0.395 e. The zero-order valence-electron chi connectivity index (χ0n) is 15.5. The largest absolute Gasteiger partial charge is 0.586 e. The lowest BCUT2D eigenvalue weighted by molar-refractivity contribution is -0.286. The van der Waals surface area contributed by atoms with Crippen molar-refractivity contribution in [1.29, 1.82) is 0 Å². The van der Waals surface area contributed by atoms with E-state index >= 15 is 0 Å². The number of aromatic amines is 1. The molecule has 0 aliphatic carbocycles. The lowest BCUT2D eigenvalue weighted by Crippen LogP contribution is -2.30. The van der Waals surface area contributed by atoms with E-state index in [1.807, 2.05) is 18.2 Å². The van der Waals surface area contributed by atoms with Crippen LogP contribution in [0.1, 0.15) is 24.8 Å². The van der Waals surface area contributed by atoms with E-state index in [2.05, 4.69) is 30.4 Å². The number of alkyl halides is 2. The van der Waals surface area contributed by atoms with Gasteiger partial charge in [0.2, 0.25) is 0 Å². The minimum absolute atomic E-state index is 0.0704. The Balaban J connectivity index is 1.40. The number of anilines is 1. The summed E-state index contributed by atoms with van der Waals surface area (Å²) in [6, 6.07) is 10.7. The van der Waals surface area contributed by atoms with E-state index in [0.717, 1.165) is 37.2 Å². The maximum atomic E-state index is 13.2. The van der Waals surface area contributed by atoms with Gasteiger partial charge >= 0.3 is 6.29 Å². The van der Waals surface area contributed by atoms with Crippen molar-refractivity contribution in [3.05, 3.63) is 42.0 Å². The molecule has 0 radical (unpaired) electrons. The molecule has 1 fully saturated rings. The van der Waals surface area contributed by atoms with Crippen LogP contribution in [0.5, 0.6) is 11.5 Å². The van der Waals surface area contributed by atoms with E-state index in [0.29, 0.717) is 21.9 Å². The second-order valence-electron chi connectivity index (χ2n) is 7.19. The third kappa shape index (κ3) is 3.55. The van der Waals surface area contributed by atoms with Crippen LogP contribution < -0.4 is 14.4 Å². The maximum absolute atomic E-state index is 13.2. The summed E-state index contributed by atoms with van der Waals surface area (Å²) in [7, 11) is -1.42. The Kier molecular flexibility index (Phi) is 4.42. The van der Waals surface area contributed by atoms with Crippen molar-refractivity contribution in [3.63, 3.8) is 0 Å². The van der Waals surface area contributed by atoms with E-state index in [4.69, 9.17) is 0 Å². The van der Waals surface area contributed by atoms with Crippen LogP contribution in [0.25, 0.3) is 11.0 Å². The van der Waals surface area contributed by atoms with Gasteiger partial charge in [-0.2, -0.15) is 0 Å². The standard InChI is InChI=1S/C20H19F2N3O3S/c21-20(22)27-17-10-14-15(11-18(17)28-20)24-19(23-14)29(26)12-13-6-2-3-7-16(13)25-8-4-1-5-9-25/h2-3,6-7,10-11H,1,4-5,8-9,12H2,(H,23,24). The van der Waals surface area contributed by atoms with E-state index in [-0.39, 0.29) is 11.5 Å². The molecule has 3 aromatic rings. The van der Waals surface area contributed by atoms with Crippen molar-refractivity contribution in [1.82, 2.24) is 9.97 Å². The number of ether oxygens (including phenoxy) is 2. The fourth-order valence-electron chi connectivity index (χ4n) is 3.82. The predicted molar refractivity (Wildman–Crippen MR) is 105 cm³/mol. The number of piperidine rings is 1. The maximum Gasteiger partial charge on any atom is 0.586 e. The zero-order valence-corrected chi connectivity index (χ0v) is 16.3. The van der Waals surface area contributed by atoms with Crippen molar-refractivity contribution in [3.8, 4) is 11.5 Å². The molecule has 1 unspecified atom stereocenters. The summed E-state index contributed by atoms with van der Waals surface area (Å²) in [5.41, 5.74) is 2.98. The first-order valence-corrected chi connectivity index (χ1v) is 10.8.